The fraction of sp³-hybridized carbons (Fsp3) is 0.200. The van der Waals surface area contributed by atoms with E-state index in [0.29, 0.717) is 12.1 Å². The molecule has 0 spiro atoms. The van der Waals surface area contributed by atoms with Gasteiger partial charge in [-0.3, -0.25) is 0 Å². The van der Waals surface area contributed by atoms with Crippen molar-refractivity contribution in [3.05, 3.63) is 35.3 Å². The van der Waals surface area contributed by atoms with Gasteiger partial charge in [-0.2, -0.15) is 0 Å². The van der Waals surface area contributed by atoms with Gasteiger partial charge in [-0.05, 0) is 12.1 Å². The average Bonchev–Trinajstić information content (AvgIpc) is 2.54. The second kappa shape index (κ2) is 4.79. The van der Waals surface area contributed by atoms with E-state index in [2.05, 4.69) is 0 Å². The van der Waals surface area contributed by atoms with Crippen LogP contribution in [0.2, 0.25) is 0 Å². The van der Waals surface area contributed by atoms with Crippen molar-refractivity contribution >= 4 is 25.5 Å². The van der Waals surface area contributed by atoms with Crippen molar-refractivity contribution in [2.45, 2.75) is 10.9 Å². The van der Waals surface area contributed by atoms with Gasteiger partial charge in [0.1, 0.15) is 11.6 Å². The first kappa shape index (κ1) is 14.9. The molecule has 1 unspecified atom stereocenters. The maximum atomic E-state index is 13.6. The zero-order valence-corrected chi connectivity index (χ0v) is 11.5. The van der Waals surface area contributed by atoms with Crippen molar-refractivity contribution < 1.29 is 25.6 Å². The minimum absolute atomic E-state index is 0.262. The summed E-state index contributed by atoms with van der Waals surface area (Å²) in [6.45, 7) is 0. The predicted molar refractivity (Wildman–Crippen MR) is 67.8 cm³/mol. The SMILES string of the molecule is Nc1cc(F)c(S(=O)(=O)NC2C=CS(=O)(=O)C2)c(F)c1. The lowest BCUT2D eigenvalue weighted by molar-refractivity contribution is 0.513. The van der Waals surface area contributed by atoms with E-state index in [-0.39, 0.29) is 5.69 Å². The van der Waals surface area contributed by atoms with Crippen LogP contribution in [-0.4, -0.2) is 28.6 Å². The molecule has 1 aliphatic rings. The summed E-state index contributed by atoms with van der Waals surface area (Å²) in [5, 5.41) is 0.843. The number of hydrogen-bond acceptors (Lipinski definition) is 5. The number of rotatable bonds is 3. The van der Waals surface area contributed by atoms with Gasteiger partial charge in [0.05, 0.1) is 11.8 Å². The maximum absolute atomic E-state index is 13.6. The van der Waals surface area contributed by atoms with Crippen LogP contribution in [0.4, 0.5) is 14.5 Å². The molecule has 10 heteroatoms. The first-order valence-corrected chi connectivity index (χ1v) is 8.48. The Hall–Kier alpha value is -1.52. The zero-order chi connectivity index (χ0) is 15.1. The molecule has 0 saturated heterocycles. The lowest BCUT2D eigenvalue weighted by Gasteiger charge is -2.12. The Morgan fingerprint density at radius 2 is 1.80 bits per heavy atom. The second-order valence-electron chi connectivity index (χ2n) is 4.20. The number of nitrogen functional groups attached to an aromatic ring is 1. The number of benzene rings is 1. The molecule has 1 heterocycles. The summed E-state index contributed by atoms with van der Waals surface area (Å²) in [6.07, 6.45) is 1.10. The topological polar surface area (TPSA) is 106 Å². The lowest BCUT2D eigenvalue weighted by atomic mass is 10.3. The highest BCUT2D eigenvalue weighted by Gasteiger charge is 2.30. The zero-order valence-electron chi connectivity index (χ0n) is 9.88. The van der Waals surface area contributed by atoms with Crippen LogP contribution in [-0.2, 0) is 19.9 Å². The van der Waals surface area contributed by atoms with Gasteiger partial charge in [-0.25, -0.2) is 30.3 Å². The Labute approximate surface area is 114 Å². The van der Waals surface area contributed by atoms with Crippen molar-refractivity contribution in [3.8, 4) is 0 Å². The molecule has 1 aliphatic heterocycles. The maximum Gasteiger partial charge on any atom is 0.246 e. The summed E-state index contributed by atoms with van der Waals surface area (Å²) in [6, 6.07) is 0.263. The molecule has 0 bridgehead atoms. The van der Waals surface area contributed by atoms with Gasteiger partial charge in [0.2, 0.25) is 10.0 Å². The number of sulfonamides is 1. The standard InChI is InChI=1S/C10H10F2N2O4S2/c11-8-3-6(13)4-9(12)10(8)20(17,18)14-7-1-2-19(15,16)5-7/h1-4,7,14H,5,13H2. The molecule has 0 fully saturated rings. The third-order valence-corrected chi connectivity index (χ3v) is 5.46. The van der Waals surface area contributed by atoms with Gasteiger partial charge < -0.3 is 5.73 Å². The van der Waals surface area contributed by atoms with E-state index in [1.165, 1.54) is 0 Å². The van der Waals surface area contributed by atoms with Gasteiger partial charge in [-0.1, -0.05) is 6.08 Å². The van der Waals surface area contributed by atoms with Crippen LogP contribution in [0.5, 0.6) is 0 Å². The van der Waals surface area contributed by atoms with E-state index in [1.807, 2.05) is 4.72 Å². The summed E-state index contributed by atoms with van der Waals surface area (Å²) in [5.74, 6) is -3.19. The van der Waals surface area contributed by atoms with Crippen LogP contribution in [0.25, 0.3) is 0 Å². The van der Waals surface area contributed by atoms with Gasteiger partial charge in [-0.15, -0.1) is 0 Å². The number of hydrogen-bond donors (Lipinski definition) is 2. The highest BCUT2D eigenvalue weighted by Crippen LogP contribution is 2.22. The molecule has 0 aliphatic carbocycles. The average molecular weight is 324 g/mol. The van der Waals surface area contributed by atoms with Crippen LogP contribution in [0, 0.1) is 11.6 Å². The predicted octanol–water partition coefficient (Wildman–Crippen LogP) is 0.136. The largest absolute Gasteiger partial charge is 0.399 e. The van der Waals surface area contributed by atoms with E-state index in [1.54, 1.807) is 0 Å². The van der Waals surface area contributed by atoms with Crippen LogP contribution in [0.1, 0.15) is 0 Å². The molecular formula is C10H10F2N2O4S2. The number of halogens is 2. The molecule has 0 radical (unpaired) electrons. The molecular weight excluding hydrogens is 314 g/mol. The molecule has 3 N–H and O–H groups in total. The van der Waals surface area contributed by atoms with Crippen molar-refractivity contribution in [3.63, 3.8) is 0 Å². The van der Waals surface area contributed by atoms with E-state index in [4.69, 9.17) is 5.73 Å². The Kier molecular flexibility index (Phi) is 3.56. The summed E-state index contributed by atoms with van der Waals surface area (Å²) in [4.78, 5) is -1.19. The van der Waals surface area contributed by atoms with Crippen LogP contribution < -0.4 is 10.5 Å². The van der Waals surface area contributed by atoms with E-state index < -0.39 is 48.2 Å². The third kappa shape index (κ3) is 2.97. The van der Waals surface area contributed by atoms with Gasteiger partial charge in [0.25, 0.3) is 0 Å². The molecule has 0 amide bonds. The summed E-state index contributed by atoms with van der Waals surface area (Å²) in [5.41, 5.74) is 4.92. The van der Waals surface area contributed by atoms with E-state index >= 15 is 0 Å². The molecule has 0 aromatic heterocycles. The highest BCUT2D eigenvalue weighted by atomic mass is 32.2. The lowest BCUT2D eigenvalue weighted by Crippen LogP contribution is -2.36. The number of nitrogens with one attached hydrogen (secondary N) is 1. The minimum Gasteiger partial charge on any atom is -0.399 e. The fourth-order valence-electron chi connectivity index (χ4n) is 1.74. The molecule has 1 atom stereocenters. The molecule has 1 aromatic rings. The first-order chi connectivity index (χ1) is 9.11. The Bertz CT molecular complexity index is 764. The van der Waals surface area contributed by atoms with Crippen LogP contribution in [0.3, 0.4) is 0 Å². The Morgan fingerprint density at radius 3 is 2.25 bits per heavy atom. The van der Waals surface area contributed by atoms with Crippen molar-refractivity contribution in [2.75, 3.05) is 11.5 Å². The van der Waals surface area contributed by atoms with Gasteiger partial charge in [0, 0.05) is 11.1 Å². The number of nitrogens with two attached hydrogens (primary N) is 1. The second-order valence-corrected chi connectivity index (χ2v) is 7.78. The quantitative estimate of drug-likeness (QED) is 0.769. The van der Waals surface area contributed by atoms with Gasteiger partial charge >= 0.3 is 0 Å². The Morgan fingerprint density at radius 1 is 1.25 bits per heavy atom. The summed E-state index contributed by atoms with van der Waals surface area (Å²) < 4.78 is 75.1. The number of sulfone groups is 1. The number of anilines is 1. The monoisotopic (exact) mass is 324 g/mol. The van der Waals surface area contributed by atoms with Gasteiger partial charge in [0.15, 0.2) is 14.7 Å². The van der Waals surface area contributed by atoms with Crippen LogP contribution in [0.15, 0.2) is 28.5 Å². The molecule has 1 aromatic carbocycles. The normalized spacial score (nSPS) is 21.2. The Balaban J connectivity index is 2.36. The van der Waals surface area contributed by atoms with Crippen LogP contribution >= 0.6 is 0 Å². The smallest absolute Gasteiger partial charge is 0.246 e. The highest BCUT2D eigenvalue weighted by molar-refractivity contribution is 7.94. The molecule has 20 heavy (non-hydrogen) atoms. The first-order valence-electron chi connectivity index (χ1n) is 5.28. The molecule has 6 nitrogen and oxygen atoms in total. The third-order valence-electron chi connectivity index (χ3n) is 2.53. The fourth-order valence-corrected chi connectivity index (χ4v) is 4.39. The van der Waals surface area contributed by atoms with Crippen molar-refractivity contribution in [2.24, 2.45) is 0 Å². The molecule has 110 valence electrons. The van der Waals surface area contributed by atoms with E-state index in [0.717, 1.165) is 11.5 Å². The van der Waals surface area contributed by atoms with E-state index in [9.17, 15) is 25.6 Å². The molecule has 0 saturated carbocycles. The minimum atomic E-state index is -4.54. The van der Waals surface area contributed by atoms with Crippen molar-refractivity contribution in [1.29, 1.82) is 0 Å². The summed E-state index contributed by atoms with van der Waals surface area (Å²) in [7, 11) is -8.04. The van der Waals surface area contributed by atoms with Crippen molar-refractivity contribution in [1.82, 2.24) is 4.72 Å². The summed E-state index contributed by atoms with van der Waals surface area (Å²) >= 11 is 0. The molecule has 2 rings (SSSR count).